The number of anilines is 1. The summed E-state index contributed by atoms with van der Waals surface area (Å²) >= 11 is 0. The van der Waals surface area contributed by atoms with E-state index in [1.54, 1.807) is 6.33 Å². The molecule has 7 nitrogen and oxygen atoms in total. The van der Waals surface area contributed by atoms with Gasteiger partial charge in [-0.1, -0.05) is 0 Å². The van der Waals surface area contributed by atoms with Crippen LogP contribution in [-0.4, -0.2) is 65.8 Å². The minimum atomic E-state index is -3.29. The first-order chi connectivity index (χ1) is 12.4. The molecular weight excluding hydrogens is 357 g/mol. The fraction of sp³-hybridized carbons (Fsp3) is 0.647. The lowest BCUT2D eigenvalue weighted by Gasteiger charge is -2.42. The van der Waals surface area contributed by atoms with E-state index in [2.05, 4.69) is 19.9 Å². The van der Waals surface area contributed by atoms with Crippen molar-refractivity contribution < 1.29 is 12.8 Å². The summed E-state index contributed by atoms with van der Waals surface area (Å²) in [6.45, 7) is 0.623. The number of H-pyrrole nitrogens is 1. The maximum Gasteiger partial charge on any atom is 0.214 e. The summed E-state index contributed by atoms with van der Waals surface area (Å²) in [5.74, 6) is 1.18. The number of sulfonamides is 1. The molecule has 0 spiro atoms. The van der Waals surface area contributed by atoms with Crippen LogP contribution in [-0.2, 0) is 10.0 Å². The van der Waals surface area contributed by atoms with E-state index in [9.17, 15) is 12.8 Å². The van der Waals surface area contributed by atoms with Gasteiger partial charge in [-0.3, -0.25) is 0 Å². The molecule has 26 heavy (non-hydrogen) atoms. The Bertz CT molecular complexity index is 872. The van der Waals surface area contributed by atoms with Crippen LogP contribution in [0.1, 0.15) is 25.7 Å². The van der Waals surface area contributed by atoms with Gasteiger partial charge < -0.3 is 9.88 Å². The molecule has 2 aliphatic rings. The Hall–Kier alpha value is -1.74. The van der Waals surface area contributed by atoms with Crippen molar-refractivity contribution in [2.45, 2.75) is 37.9 Å². The average Bonchev–Trinajstić information content (AvgIpc) is 3.06. The Morgan fingerprint density at radius 3 is 2.77 bits per heavy atom. The van der Waals surface area contributed by atoms with Gasteiger partial charge in [-0.2, -0.15) is 0 Å². The first-order valence-electron chi connectivity index (χ1n) is 9.07. The van der Waals surface area contributed by atoms with Crippen LogP contribution < -0.4 is 4.90 Å². The van der Waals surface area contributed by atoms with E-state index in [1.165, 1.54) is 4.31 Å². The summed E-state index contributed by atoms with van der Waals surface area (Å²) in [6, 6.07) is 2.23. The van der Waals surface area contributed by atoms with Gasteiger partial charge in [0.1, 0.15) is 24.0 Å². The summed E-state index contributed by atoms with van der Waals surface area (Å²) in [7, 11) is -1.29. The van der Waals surface area contributed by atoms with Crippen molar-refractivity contribution in [3.63, 3.8) is 0 Å². The van der Waals surface area contributed by atoms with Crippen molar-refractivity contribution in [1.29, 1.82) is 0 Å². The number of alkyl halides is 1. The molecule has 1 aliphatic carbocycles. The molecule has 0 aromatic carbocycles. The number of hydrogen-bond donors (Lipinski definition) is 1. The number of hydrogen-bond acceptors (Lipinski definition) is 5. The van der Waals surface area contributed by atoms with Crippen LogP contribution in [0.2, 0.25) is 0 Å². The third-order valence-electron chi connectivity index (χ3n) is 5.65. The highest BCUT2D eigenvalue weighted by Gasteiger charge is 2.38. The van der Waals surface area contributed by atoms with Crippen molar-refractivity contribution in [2.24, 2.45) is 5.92 Å². The lowest BCUT2D eigenvalue weighted by Crippen LogP contribution is -2.48. The minimum Gasteiger partial charge on any atom is -0.356 e. The Morgan fingerprint density at radius 1 is 1.31 bits per heavy atom. The van der Waals surface area contributed by atoms with E-state index in [1.807, 2.05) is 19.3 Å². The summed E-state index contributed by atoms with van der Waals surface area (Å²) in [5.41, 5.74) is 0.802. The van der Waals surface area contributed by atoms with E-state index in [4.69, 9.17) is 0 Å². The molecule has 1 saturated carbocycles. The second-order valence-electron chi connectivity index (χ2n) is 7.39. The molecule has 0 amide bonds. The number of aromatic nitrogens is 3. The molecule has 0 radical (unpaired) electrons. The van der Waals surface area contributed by atoms with Crippen LogP contribution in [0.25, 0.3) is 11.0 Å². The van der Waals surface area contributed by atoms with Crippen molar-refractivity contribution in [2.75, 3.05) is 30.8 Å². The van der Waals surface area contributed by atoms with E-state index in [-0.39, 0.29) is 17.7 Å². The summed E-state index contributed by atoms with van der Waals surface area (Å²) in [5, 5.41) is 0.972. The van der Waals surface area contributed by atoms with Crippen LogP contribution in [0.15, 0.2) is 18.6 Å². The average molecular weight is 381 g/mol. The number of nitrogens with zero attached hydrogens (tertiary/aromatic N) is 4. The van der Waals surface area contributed by atoms with Gasteiger partial charge >= 0.3 is 0 Å². The van der Waals surface area contributed by atoms with Gasteiger partial charge in [-0.05, 0) is 37.7 Å². The van der Waals surface area contributed by atoms with Gasteiger partial charge in [0.05, 0.1) is 11.1 Å². The predicted molar refractivity (Wildman–Crippen MR) is 98.3 cm³/mol. The highest BCUT2D eigenvalue weighted by molar-refractivity contribution is 7.89. The second kappa shape index (κ2) is 6.77. The molecule has 0 unspecified atom stereocenters. The SMILES string of the molecule is CN(c1ncnc2[nH]ccc12)[C@H]1C[C@@H](CS(=O)(=O)N2CCC(F)CC2)C1. The van der Waals surface area contributed by atoms with Crippen LogP contribution in [0.3, 0.4) is 0 Å². The van der Waals surface area contributed by atoms with Gasteiger partial charge in [-0.15, -0.1) is 0 Å². The highest BCUT2D eigenvalue weighted by Crippen LogP contribution is 2.36. The summed E-state index contributed by atoms with van der Waals surface area (Å²) in [4.78, 5) is 13.8. The molecule has 2 aromatic heterocycles. The molecule has 9 heteroatoms. The Labute approximate surface area is 152 Å². The number of aromatic amines is 1. The van der Waals surface area contributed by atoms with Crippen molar-refractivity contribution in [3.05, 3.63) is 18.6 Å². The maximum atomic E-state index is 13.2. The Balaban J connectivity index is 1.36. The molecule has 1 N–H and O–H groups in total. The number of fused-ring (bicyclic) bond motifs is 1. The molecule has 1 aliphatic heterocycles. The topological polar surface area (TPSA) is 82.2 Å². The molecule has 0 atom stereocenters. The van der Waals surface area contributed by atoms with Gasteiger partial charge in [0, 0.05) is 32.4 Å². The molecular formula is C17H24FN5O2S. The van der Waals surface area contributed by atoms with Crippen molar-refractivity contribution in [1.82, 2.24) is 19.3 Å². The molecule has 2 fully saturated rings. The maximum absolute atomic E-state index is 13.2. The van der Waals surface area contributed by atoms with Crippen LogP contribution in [0, 0.1) is 5.92 Å². The molecule has 1 saturated heterocycles. The van der Waals surface area contributed by atoms with Crippen LogP contribution in [0.4, 0.5) is 10.2 Å². The van der Waals surface area contributed by atoms with Crippen LogP contribution in [0.5, 0.6) is 0 Å². The predicted octanol–water partition coefficient (Wildman–Crippen LogP) is 1.94. The first kappa shape index (κ1) is 17.7. The number of halogens is 1. The molecule has 0 bridgehead atoms. The van der Waals surface area contributed by atoms with E-state index in [0.29, 0.717) is 25.9 Å². The number of rotatable bonds is 5. The highest BCUT2D eigenvalue weighted by atomic mass is 32.2. The fourth-order valence-electron chi connectivity index (χ4n) is 3.97. The quantitative estimate of drug-likeness (QED) is 0.856. The molecule has 4 rings (SSSR count). The number of nitrogens with one attached hydrogen (secondary N) is 1. The summed E-state index contributed by atoms with van der Waals surface area (Å²) < 4.78 is 39.8. The van der Waals surface area contributed by atoms with Gasteiger partial charge in [0.2, 0.25) is 10.0 Å². The Morgan fingerprint density at radius 2 is 2.04 bits per heavy atom. The monoisotopic (exact) mass is 381 g/mol. The van der Waals surface area contributed by atoms with E-state index < -0.39 is 16.2 Å². The van der Waals surface area contributed by atoms with E-state index in [0.717, 1.165) is 29.7 Å². The molecule has 3 heterocycles. The second-order valence-corrected chi connectivity index (χ2v) is 9.41. The largest absolute Gasteiger partial charge is 0.356 e. The van der Waals surface area contributed by atoms with Crippen molar-refractivity contribution in [3.8, 4) is 0 Å². The lowest BCUT2D eigenvalue weighted by molar-refractivity contribution is 0.207. The van der Waals surface area contributed by atoms with E-state index >= 15 is 0 Å². The molecule has 142 valence electrons. The Kier molecular flexibility index (Phi) is 4.60. The number of piperidine rings is 1. The third kappa shape index (κ3) is 3.29. The van der Waals surface area contributed by atoms with Crippen LogP contribution >= 0.6 is 0 Å². The normalized spacial score (nSPS) is 25.3. The zero-order chi connectivity index (χ0) is 18.3. The molecule has 2 aromatic rings. The first-order valence-corrected chi connectivity index (χ1v) is 10.7. The minimum absolute atomic E-state index is 0.152. The smallest absolute Gasteiger partial charge is 0.214 e. The van der Waals surface area contributed by atoms with Gasteiger partial charge in [0.25, 0.3) is 0 Å². The zero-order valence-electron chi connectivity index (χ0n) is 14.8. The fourth-order valence-corrected chi connectivity index (χ4v) is 5.82. The lowest BCUT2D eigenvalue weighted by atomic mass is 9.81. The van der Waals surface area contributed by atoms with Gasteiger partial charge in [0.15, 0.2) is 0 Å². The van der Waals surface area contributed by atoms with Crippen molar-refractivity contribution >= 4 is 26.9 Å². The zero-order valence-corrected chi connectivity index (χ0v) is 15.6. The third-order valence-corrected chi connectivity index (χ3v) is 7.69. The summed E-state index contributed by atoms with van der Waals surface area (Å²) in [6.07, 6.45) is 4.80. The standard InChI is InChI=1S/C17H24FN5O2S/c1-22(17-15-2-5-19-16(15)20-11-21-17)14-8-12(9-14)10-26(24,25)23-6-3-13(18)4-7-23/h2,5,11-14H,3-4,6-10H2,1H3,(H,19,20,21)/t12-,14+. The van der Waals surface area contributed by atoms with Gasteiger partial charge in [-0.25, -0.2) is 27.1 Å².